The van der Waals surface area contributed by atoms with Gasteiger partial charge < -0.3 is 4.42 Å². The number of oxazole rings is 1. The Morgan fingerprint density at radius 2 is 1.77 bits per heavy atom. The van der Waals surface area contributed by atoms with Crippen molar-refractivity contribution in [2.45, 2.75) is 33.6 Å². The Balaban J connectivity index is 1.55. The van der Waals surface area contributed by atoms with Crippen LogP contribution in [0.5, 0.6) is 0 Å². The third kappa shape index (κ3) is 3.20. The molecule has 6 nitrogen and oxygen atoms in total. The molecular formula is C24H23N5O. The number of benzene rings is 2. The van der Waals surface area contributed by atoms with E-state index in [1.54, 1.807) is 4.68 Å². The number of aromatic nitrogens is 4. The van der Waals surface area contributed by atoms with E-state index in [0.717, 1.165) is 44.9 Å². The van der Waals surface area contributed by atoms with Gasteiger partial charge in [-0.05, 0) is 55.2 Å². The van der Waals surface area contributed by atoms with Gasteiger partial charge in [0.25, 0.3) is 0 Å². The van der Waals surface area contributed by atoms with Crippen LogP contribution in [0, 0.1) is 13.8 Å². The molecular weight excluding hydrogens is 374 g/mol. The zero-order chi connectivity index (χ0) is 20.8. The van der Waals surface area contributed by atoms with Crippen molar-refractivity contribution in [3.05, 3.63) is 71.4 Å². The van der Waals surface area contributed by atoms with Crippen LogP contribution in [-0.2, 0) is 0 Å². The van der Waals surface area contributed by atoms with Gasteiger partial charge in [0.1, 0.15) is 11.3 Å². The van der Waals surface area contributed by atoms with Crippen molar-refractivity contribution in [2.75, 3.05) is 5.32 Å². The van der Waals surface area contributed by atoms with Gasteiger partial charge in [-0.1, -0.05) is 38.1 Å². The molecule has 0 bridgehead atoms. The maximum absolute atomic E-state index is 5.92. The number of fused-ring (bicyclic) bond motifs is 2. The lowest BCUT2D eigenvalue weighted by Crippen LogP contribution is -2.05. The molecule has 5 aromatic rings. The normalized spacial score (nSPS) is 11.6. The SMILES string of the molecule is Cc1cc(Nc2nc3cc(C(C)C)ccc3o2)n(-c2cc(C)c3ccccc3n2)n1. The topological polar surface area (TPSA) is 68.8 Å². The monoisotopic (exact) mass is 397 g/mol. The van der Waals surface area contributed by atoms with Gasteiger partial charge in [0.15, 0.2) is 11.4 Å². The van der Waals surface area contributed by atoms with Crippen LogP contribution in [0.2, 0.25) is 0 Å². The van der Waals surface area contributed by atoms with E-state index in [2.05, 4.69) is 54.4 Å². The Morgan fingerprint density at radius 1 is 0.933 bits per heavy atom. The number of nitrogens with zero attached hydrogens (tertiary/aromatic N) is 4. The van der Waals surface area contributed by atoms with E-state index < -0.39 is 0 Å². The van der Waals surface area contributed by atoms with Crippen molar-refractivity contribution >= 4 is 33.8 Å². The Bertz CT molecular complexity index is 1380. The molecule has 1 N–H and O–H groups in total. The number of hydrogen-bond acceptors (Lipinski definition) is 5. The van der Waals surface area contributed by atoms with Crippen LogP contribution >= 0.6 is 0 Å². The highest BCUT2D eigenvalue weighted by Gasteiger charge is 2.14. The fourth-order valence-electron chi connectivity index (χ4n) is 3.67. The van der Waals surface area contributed by atoms with Crippen molar-refractivity contribution in [3.63, 3.8) is 0 Å². The summed E-state index contributed by atoms with van der Waals surface area (Å²) in [6.07, 6.45) is 0. The molecule has 0 aliphatic rings. The van der Waals surface area contributed by atoms with Crippen molar-refractivity contribution < 1.29 is 4.42 Å². The summed E-state index contributed by atoms with van der Waals surface area (Å²) in [5, 5.41) is 9.06. The van der Waals surface area contributed by atoms with Gasteiger partial charge in [-0.15, -0.1) is 0 Å². The third-order valence-electron chi connectivity index (χ3n) is 5.27. The molecule has 0 aliphatic carbocycles. The summed E-state index contributed by atoms with van der Waals surface area (Å²) in [6, 6.07) is 18.7. The molecule has 0 radical (unpaired) electrons. The fourth-order valence-corrected chi connectivity index (χ4v) is 3.67. The molecule has 2 aromatic carbocycles. The standard InChI is InChI=1S/C24H23N5O/c1-14(2)17-9-10-21-20(13-17)26-24(30-21)27-23-12-16(4)28-29(23)22-11-15(3)18-7-5-6-8-19(18)25-22/h5-14H,1-4H3,(H,26,27). The van der Waals surface area contributed by atoms with Gasteiger partial charge in [-0.3, -0.25) is 5.32 Å². The number of anilines is 2. The van der Waals surface area contributed by atoms with Gasteiger partial charge in [0.05, 0.1) is 11.2 Å². The first-order valence-corrected chi connectivity index (χ1v) is 10.1. The largest absolute Gasteiger partial charge is 0.423 e. The van der Waals surface area contributed by atoms with Gasteiger partial charge >= 0.3 is 6.01 Å². The van der Waals surface area contributed by atoms with Crippen LogP contribution < -0.4 is 5.32 Å². The molecule has 0 fully saturated rings. The van der Waals surface area contributed by atoms with Crippen LogP contribution in [0.3, 0.4) is 0 Å². The summed E-state index contributed by atoms with van der Waals surface area (Å²) in [6.45, 7) is 8.38. The predicted octanol–water partition coefficient (Wildman–Crippen LogP) is 6.05. The molecule has 3 aromatic heterocycles. The van der Waals surface area contributed by atoms with E-state index in [9.17, 15) is 0 Å². The predicted molar refractivity (Wildman–Crippen MR) is 120 cm³/mol. The highest BCUT2D eigenvalue weighted by atomic mass is 16.4. The van der Waals surface area contributed by atoms with Crippen molar-refractivity contribution in [1.82, 2.24) is 19.7 Å². The Kier molecular flexibility index (Phi) is 4.28. The lowest BCUT2D eigenvalue weighted by Gasteiger charge is -2.09. The summed E-state index contributed by atoms with van der Waals surface area (Å²) < 4.78 is 7.71. The van der Waals surface area contributed by atoms with E-state index in [0.29, 0.717) is 11.9 Å². The minimum absolute atomic E-state index is 0.435. The molecule has 0 unspecified atom stereocenters. The van der Waals surface area contributed by atoms with E-state index in [4.69, 9.17) is 9.40 Å². The van der Waals surface area contributed by atoms with Crippen molar-refractivity contribution in [1.29, 1.82) is 0 Å². The summed E-state index contributed by atoms with van der Waals surface area (Å²) in [4.78, 5) is 9.43. The highest BCUT2D eigenvalue weighted by molar-refractivity contribution is 5.83. The lowest BCUT2D eigenvalue weighted by molar-refractivity contribution is 0.621. The quantitative estimate of drug-likeness (QED) is 0.400. The van der Waals surface area contributed by atoms with Crippen LogP contribution in [0.15, 0.2) is 59.0 Å². The molecule has 0 aliphatic heterocycles. The molecule has 0 amide bonds. The molecule has 0 spiro atoms. The smallest absolute Gasteiger partial charge is 0.301 e. The number of para-hydroxylation sites is 1. The first kappa shape index (κ1) is 18.4. The van der Waals surface area contributed by atoms with Gasteiger partial charge in [0, 0.05) is 11.5 Å². The van der Waals surface area contributed by atoms with Gasteiger partial charge in [-0.25, -0.2) is 4.98 Å². The molecule has 0 saturated carbocycles. The number of aryl methyl sites for hydroxylation is 2. The van der Waals surface area contributed by atoms with Crippen LogP contribution in [0.25, 0.3) is 27.8 Å². The number of pyridine rings is 1. The van der Waals surface area contributed by atoms with E-state index in [1.165, 1.54) is 5.56 Å². The van der Waals surface area contributed by atoms with E-state index in [1.807, 2.05) is 43.3 Å². The minimum Gasteiger partial charge on any atom is -0.423 e. The zero-order valence-electron chi connectivity index (χ0n) is 17.5. The summed E-state index contributed by atoms with van der Waals surface area (Å²) in [5.74, 6) is 1.94. The lowest BCUT2D eigenvalue weighted by atomic mass is 10.0. The summed E-state index contributed by atoms with van der Waals surface area (Å²) in [7, 11) is 0. The second kappa shape index (κ2) is 6.99. The Morgan fingerprint density at radius 3 is 2.60 bits per heavy atom. The van der Waals surface area contributed by atoms with Crippen LogP contribution in [0.1, 0.15) is 36.6 Å². The summed E-state index contributed by atoms with van der Waals surface area (Å²) >= 11 is 0. The second-order valence-corrected chi connectivity index (χ2v) is 7.92. The average molecular weight is 397 g/mol. The molecule has 0 atom stereocenters. The maximum Gasteiger partial charge on any atom is 0.301 e. The van der Waals surface area contributed by atoms with E-state index >= 15 is 0 Å². The number of rotatable bonds is 4. The molecule has 6 heteroatoms. The maximum atomic E-state index is 5.92. The second-order valence-electron chi connectivity index (χ2n) is 7.92. The Hall–Kier alpha value is -3.67. The van der Waals surface area contributed by atoms with Crippen LogP contribution in [-0.4, -0.2) is 19.7 Å². The van der Waals surface area contributed by atoms with Crippen molar-refractivity contribution in [3.8, 4) is 5.82 Å². The first-order valence-electron chi connectivity index (χ1n) is 10.1. The molecule has 30 heavy (non-hydrogen) atoms. The molecule has 150 valence electrons. The van der Waals surface area contributed by atoms with Gasteiger partial charge in [-0.2, -0.15) is 14.8 Å². The number of nitrogens with one attached hydrogen (secondary N) is 1. The molecule has 3 heterocycles. The average Bonchev–Trinajstić information content (AvgIpc) is 3.29. The fraction of sp³-hybridized carbons (Fsp3) is 0.208. The van der Waals surface area contributed by atoms with Crippen molar-refractivity contribution in [2.24, 2.45) is 0 Å². The molecule has 0 saturated heterocycles. The van der Waals surface area contributed by atoms with E-state index in [-0.39, 0.29) is 0 Å². The summed E-state index contributed by atoms with van der Waals surface area (Å²) in [5.41, 5.74) is 5.80. The van der Waals surface area contributed by atoms with Gasteiger partial charge in [0.2, 0.25) is 0 Å². The zero-order valence-corrected chi connectivity index (χ0v) is 17.5. The van der Waals surface area contributed by atoms with Crippen LogP contribution in [0.4, 0.5) is 11.8 Å². The third-order valence-corrected chi connectivity index (χ3v) is 5.27. The minimum atomic E-state index is 0.435. The Labute approximate surface area is 174 Å². The number of hydrogen-bond donors (Lipinski definition) is 1. The molecule has 5 rings (SSSR count). The highest BCUT2D eigenvalue weighted by Crippen LogP contribution is 2.27. The first-order chi connectivity index (χ1) is 14.5.